The fourth-order valence-electron chi connectivity index (χ4n) is 4.18. The number of carbonyl (C=O) groups excluding carboxylic acids is 2. The molecule has 41 heavy (non-hydrogen) atoms. The summed E-state index contributed by atoms with van der Waals surface area (Å²) in [5.74, 6) is -0.744. The van der Waals surface area contributed by atoms with Crippen molar-refractivity contribution in [2.45, 2.75) is 52.1 Å². The molecule has 1 N–H and O–H groups in total. The zero-order valence-electron chi connectivity index (χ0n) is 24.1. The van der Waals surface area contributed by atoms with Gasteiger partial charge in [-0.25, -0.2) is 12.8 Å². The second-order valence-corrected chi connectivity index (χ2v) is 12.1. The zero-order valence-corrected chi connectivity index (χ0v) is 24.9. The van der Waals surface area contributed by atoms with Gasteiger partial charge in [-0.05, 0) is 80.8 Å². The Morgan fingerprint density at radius 1 is 0.976 bits per heavy atom. The first kappa shape index (κ1) is 31.6. The molecule has 0 heterocycles. The first-order valence-electron chi connectivity index (χ1n) is 13.6. The molecule has 3 rings (SSSR count). The molecule has 0 aromatic heterocycles. The molecule has 10 heteroatoms. The molecule has 0 aliphatic heterocycles. The highest BCUT2D eigenvalue weighted by Gasteiger charge is 2.32. The second-order valence-electron chi connectivity index (χ2n) is 10.2. The molecule has 3 aromatic carbocycles. The highest BCUT2D eigenvalue weighted by atomic mass is 32.2. The van der Waals surface area contributed by atoms with Crippen LogP contribution in [-0.2, 0) is 26.2 Å². The molecule has 0 bridgehead atoms. The fraction of sp³-hybridized carbons (Fsp3) is 0.355. The first-order valence-corrected chi connectivity index (χ1v) is 15.0. The van der Waals surface area contributed by atoms with Crippen molar-refractivity contribution in [3.05, 3.63) is 89.7 Å². The summed E-state index contributed by atoms with van der Waals surface area (Å²) in [7, 11) is -4.29. The Morgan fingerprint density at radius 2 is 1.63 bits per heavy atom. The fourth-order valence-corrected chi connectivity index (χ4v) is 5.59. The van der Waals surface area contributed by atoms with Crippen LogP contribution in [0.2, 0.25) is 0 Å². The SMILES string of the molecule is CCOc1ccc(N(CC(=O)N(Cc2cccc(C)c2)[C@@H](C)C(=O)NCC(C)C)S(=O)(=O)c2ccc(F)cc2)cc1. The van der Waals surface area contributed by atoms with E-state index in [0.29, 0.717) is 18.9 Å². The van der Waals surface area contributed by atoms with Crippen LogP contribution in [0.5, 0.6) is 5.75 Å². The number of aryl methyl sites for hydroxylation is 1. The van der Waals surface area contributed by atoms with Gasteiger partial charge in [0, 0.05) is 13.1 Å². The number of halogens is 1. The first-order chi connectivity index (χ1) is 19.4. The third-order valence-corrected chi connectivity index (χ3v) is 8.19. The minimum Gasteiger partial charge on any atom is -0.494 e. The molecule has 0 aliphatic rings. The number of nitrogens with zero attached hydrogens (tertiary/aromatic N) is 2. The van der Waals surface area contributed by atoms with Crippen LogP contribution >= 0.6 is 0 Å². The Bertz CT molecular complexity index is 1430. The van der Waals surface area contributed by atoms with Crippen molar-refractivity contribution in [2.24, 2.45) is 5.92 Å². The molecule has 0 fully saturated rings. The summed E-state index contributed by atoms with van der Waals surface area (Å²) in [6.45, 7) is 9.71. The minimum atomic E-state index is -4.29. The molecule has 0 aliphatic carbocycles. The smallest absolute Gasteiger partial charge is 0.264 e. The molecule has 2 amide bonds. The van der Waals surface area contributed by atoms with Crippen LogP contribution < -0.4 is 14.4 Å². The van der Waals surface area contributed by atoms with E-state index in [-0.39, 0.29) is 29.0 Å². The van der Waals surface area contributed by atoms with Crippen LogP contribution in [0.3, 0.4) is 0 Å². The number of hydrogen-bond donors (Lipinski definition) is 1. The molecule has 0 saturated heterocycles. The Morgan fingerprint density at radius 3 is 2.22 bits per heavy atom. The van der Waals surface area contributed by atoms with E-state index in [0.717, 1.165) is 39.7 Å². The minimum absolute atomic E-state index is 0.102. The van der Waals surface area contributed by atoms with E-state index in [2.05, 4.69) is 5.32 Å². The van der Waals surface area contributed by atoms with Crippen molar-refractivity contribution in [1.29, 1.82) is 0 Å². The van der Waals surface area contributed by atoms with Gasteiger partial charge in [0.15, 0.2) is 0 Å². The second kappa shape index (κ2) is 14.1. The van der Waals surface area contributed by atoms with Crippen molar-refractivity contribution in [3.8, 4) is 5.75 Å². The number of carbonyl (C=O) groups is 2. The van der Waals surface area contributed by atoms with Crippen molar-refractivity contribution < 1.29 is 27.1 Å². The largest absolute Gasteiger partial charge is 0.494 e. The molecule has 1 atom stereocenters. The molecule has 8 nitrogen and oxygen atoms in total. The Balaban J connectivity index is 2.02. The number of ether oxygens (including phenoxy) is 1. The van der Waals surface area contributed by atoms with Crippen LogP contribution in [-0.4, -0.2) is 50.9 Å². The lowest BCUT2D eigenvalue weighted by Gasteiger charge is -2.32. The lowest BCUT2D eigenvalue weighted by Crippen LogP contribution is -2.51. The van der Waals surface area contributed by atoms with Crippen LogP contribution in [0.1, 0.15) is 38.8 Å². The number of benzene rings is 3. The molecule has 220 valence electrons. The summed E-state index contributed by atoms with van der Waals surface area (Å²) >= 11 is 0. The summed E-state index contributed by atoms with van der Waals surface area (Å²) in [5, 5.41) is 2.86. The Hall–Kier alpha value is -3.92. The summed E-state index contributed by atoms with van der Waals surface area (Å²) < 4.78 is 47.7. The van der Waals surface area contributed by atoms with E-state index >= 15 is 0 Å². The van der Waals surface area contributed by atoms with Crippen molar-refractivity contribution in [2.75, 3.05) is 24.0 Å². The van der Waals surface area contributed by atoms with E-state index in [1.54, 1.807) is 31.2 Å². The van der Waals surface area contributed by atoms with E-state index in [9.17, 15) is 22.4 Å². The standard InChI is InChI=1S/C31H38FN3O5S/c1-6-40-28-14-12-27(13-15-28)35(41(38,39)29-16-10-26(32)11-17-29)21-30(36)34(20-25-9-7-8-23(4)18-25)24(5)31(37)33-19-22(2)3/h7-18,22,24H,6,19-21H2,1-5H3,(H,33,37)/t24-/m0/s1. The van der Waals surface area contributed by atoms with Crippen LogP contribution in [0.4, 0.5) is 10.1 Å². The van der Waals surface area contributed by atoms with Crippen molar-refractivity contribution in [3.63, 3.8) is 0 Å². The predicted molar refractivity (Wildman–Crippen MR) is 158 cm³/mol. The molecule has 0 spiro atoms. The maximum absolute atomic E-state index is 14.0. The number of amides is 2. The Labute approximate surface area is 242 Å². The van der Waals surface area contributed by atoms with E-state index in [1.165, 1.54) is 4.90 Å². The number of rotatable bonds is 13. The molecular formula is C31H38FN3O5S. The third kappa shape index (κ3) is 8.53. The van der Waals surface area contributed by atoms with Gasteiger partial charge in [0.2, 0.25) is 11.8 Å². The third-order valence-electron chi connectivity index (χ3n) is 6.40. The average molecular weight is 584 g/mol. The highest BCUT2D eigenvalue weighted by Crippen LogP contribution is 2.27. The van der Waals surface area contributed by atoms with Gasteiger partial charge < -0.3 is 15.0 Å². The molecular weight excluding hydrogens is 545 g/mol. The zero-order chi connectivity index (χ0) is 30.2. The maximum atomic E-state index is 14.0. The van der Waals surface area contributed by atoms with Crippen LogP contribution in [0.25, 0.3) is 0 Å². The summed E-state index contributed by atoms with van der Waals surface area (Å²) in [5.41, 5.74) is 2.01. The van der Waals surface area contributed by atoms with E-state index in [4.69, 9.17) is 4.74 Å². The molecule has 3 aromatic rings. The summed E-state index contributed by atoms with van der Waals surface area (Å²) in [6, 6.07) is 17.4. The van der Waals surface area contributed by atoms with Gasteiger partial charge >= 0.3 is 0 Å². The highest BCUT2D eigenvalue weighted by molar-refractivity contribution is 7.92. The van der Waals surface area contributed by atoms with Crippen LogP contribution in [0.15, 0.2) is 77.7 Å². The Kier molecular flexibility index (Phi) is 10.9. The van der Waals surface area contributed by atoms with E-state index < -0.39 is 34.3 Å². The summed E-state index contributed by atoms with van der Waals surface area (Å²) in [4.78, 5) is 28.2. The average Bonchev–Trinajstić information content (AvgIpc) is 2.93. The quantitative estimate of drug-likeness (QED) is 0.308. The van der Waals surface area contributed by atoms with Gasteiger partial charge in [-0.3, -0.25) is 13.9 Å². The number of anilines is 1. The van der Waals surface area contributed by atoms with E-state index in [1.807, 2.05) is 52.0 Å². The molecule has 0 saturated carbocycles. The van der Waals surface area contributed by atoms with Gasteiger partial charge in [-0.1, -0.05) is 43.7 Å². The van der Waals surface area contributed by atoms with Crippen LogP contribution in [0, 0.1) is 18.7 Å². The monoisotopic (exact) mass is 583 g/mol. The lowest BCUT2D eigenvalue weighted by atomic mass is 10.1. The number of sulfonamides is 1. The van der Waals surface area contributed by atoms with Crippen molar-refractivity contribution >= 4 is 27.5 Å². The van der Waals surface area contributed by atoms with Gasteiger partial charge in [0.25, 0.3) is 10.0 Å². The van der Waals surface area contributed by atoms with Gasteiger partial charge in [-0.2, -0.15) is 0 Å². The summed E-state index contributed by atoms with van der Waals surface area (Å²) in [6.07, 6.45) is 0. The number of hydrogen-bond acceptors (Lipinski definition) is 5. The van der Waals surface area contributed by atoms with Crippen molar-refractivity contribution in [1.82, 2.24) is 10.2 Å². The lowest BCUT2D eigenvalue weighted by molar-refractivity contribution is -0.139. The maximum Gasteiger partial charge on any atom is 0.264 e. The normalized spacial score (nSPS) is 12.1. The molecule has 0 radical (unpaired) electrons. The van der Waals surface area contributed by atoms with Gasteiger partial charge in [0.1, 0.15) is 24.2 Å². The molecule has 0 unspecified atom stereocenters. The topological polar surface area (TPSA) is 96.0 Å². The van der Waals surface area contributed by atoms with Gasteiger partial charge in [-0.15, -0.1) is 0 Å². The van der Waals surface area contributed by atoms with Gasteiger partial charge in [0.05, 0.1) is 17.2 Å². The predicted octanol–water partition coefficient (Wildman–Crippen LogP) is 4.92. The number of nitrogens with one attached hydrogen (secondary N) is 1.